The predicted octanol–water partition coefficient (Wildman–Crippen LogP) is 4.99. The van der Waals surface area contributed by atoms with E-state index in [1.54, 1.807) is 28.0 Å². The van der Waals surface area contributed by atoms with Crippen LogP contribution in [0.2, 0.25) is 0 Å². The highest BCUT2D eigenvalue weighted by Gasteiger charge is 2.23. The van der Waals surface area contributed by atoms with Gasteiger partial charge < -0.3 is 9.26 Å². The molecule has 33 heavy (non-hydrogen) atoms. The van der Waals surface area contributed by atoms with Gasteiger partial charge in [0.1, 0.15) is 10.6 Å². The van der Waals surface area contributed by atoms with Gasteiger partial charge in [-0.05, 0) is 56.0 Å². The predicted molar refractivity (Wildman–Crippen MR) is 126 cm³/mol. The molecule has 172 valence electrons. The second-order valence-electron chi connectivity index (χ2n) is 7.92. The lowest BCUT2D eigenvalue weighted by Gasteiger charge is -2.15. The Bertz CT molecular complexity index is 1340. The zero-order chi connectivity index (χ0) is 22.9. The van der Waals surface area contributed by atoms with E-state index in [2.05, 4.69) is 17.1 Å². The number of ether oxygens (including phenoxy) is 1. The zero-order valence-electron chi connectivity index (χ0n) is 18.3. The van der Waals surface area contributed by atoms with Gasteiger partial charge in [-0.1, -0.05) is 23.8 Å². The minimum absolute atomic E-state index is 0.0135. The van der Waals surface area contributed by atoms with Crippen LogP contribution in [-0.4, -0.2) is 32.4 Å². The first kappa shape index (κ1) is 22.2. The van der Waals surface area contributed by atoms with Gasteiger partial charge in [0.2, 0.25) is 11.7 Å². The van der Waals surface area contributed by atoms with Gasteiger partial charge >= 0.3 is 0 Å². The molecule has 1 aromatic carbocycles. The van der Waals surface area contributed by atoms with Gasteiger partial charge in [0.25, 0.3) is 5.56 Å². The fourth-order valence-corrected chi connectivity index (χ4v) is 6.08. The first-order valence-electron chi connectivity index (χ1n) is 10.9. The fraction of sp³-hybridized carbons (Fsp3) is 0.391. The van der Waals surface area contributed by atoms with Crippen LogP contribution in [0.25, 0.3) is 21.6 Å². The standard InChI is InChI=1S/C23H23FN4O3S2/c1-3-17-13(2)33-21-19(17)22(29)28(11-16-5-4-10-30-16)23(26-21)32-12-18-25-20(27-31-18)14-6-8-15(24)9-7-14/h6-9,16H,3-5,10-12H2,1-2H3. The molecule has 1 atom stereocenters. The van der Waals surface area contributed by atoms with Crippen molar-refractivity contribution in [1.82, 2.24) is 19.7 Å². The molecule has 0 amide bonds. The van der Waals surface area contributed by atoms with Crippen LogP contribution in [0, 0.1) is 12.7 Å². The van der Waals surface area contributed by atoms with Gasteiger partial charge in [0.15, 0.2) is 5.16 Å². The summed E-state index contributed by atoms with van der Waals surface area (Å²) in [5.41, 5.74) is 1.73. The Morgan fingerprint density at radius 2 is 2.09 bits per heavy atom. The number of nitrogens with zero attached hydrogens (tertiary/aromatic N) is 4. The van der Waals surface area contributed by atoms with Crippen LogP contribution in [0.15, 0.2) is 38.7 Å². The van der Waals surface area contributed by atoms with Crippen LogP contribution < -0.4 is 5.56 Å². The molecule has 0 saturated carbocycles. The maximum Gasteiger partial charge on any atom is 0.263 e. The lowest BCUT2D eigenvalue weighted by atomic mass is 10.1. The Morgan fingerprint density at radius 1 is 1.27 bits per heavy atom. The van der Waals surface area contributed by atoms with Crippen molar-refractivity contribution in [2.24, 2.45) is 0 Å². The van der Waals surface area contributed by atoms with Crippen molar-refractivity contribution in [2.45, 2.75) is 56.7 Å². The Hall–Kier alpha value is -2.56. The quantitative estimate of drug-likeness (QED) is 0.269. The van der Waals surface area contributed by atoms with E-state index in [0.717, 1.165) is 46.5 Å². The Kier molecular flexibility index (Phi) is 6.31. The van der Waals surface area contributed by atoms with E-state index in [0.29, 0.717) is 34.7 Å². The summed E-state index contributed by atoms with van der Waals surface area (Å²) in [4.78, 5) is 24.7. The van der Waals surface area contributed by atoms with Crippen LogP contribution in [0.4, 0.5) is 4.39 Å². The van der Waals surface area contributed by atoms with Crippen molar-refractivity contribution in [2.75, 3.05) is 6.61 Å². The molecule has 4 heterocycles. The zero-order valence-corrected chi connectivity index (χ0v) is 20.0. The van der Waals surface area contributed by atoms with Gasteiger partial charge in [0.05, 0.1) is 23.8 Å². The number of thiophene rings is 1. The van der Waals surface area contributed by atoms with Gasteiger partial charge in [-0.25, -0.2) is 9.37 Å². The highest BCUT2D eigenvalue weighted by molar-refractivity contribution is 7.98. The Morgan fingerprint density at radius 3 is 2.82 bits per heavy atom. The van der Waals surface area contributed by atoms with E-state index in [1.807, 2.05) is 6.92 Å². The molecule has 5 rings (SSSR count). The molecule has 1 aliphatic rings. The first-order valence-corrected chi connectivity index (χ1v) is 12.7. The minimum Gasteiger partial charge on any atom is -0.376 e. The van der Waals surface area contributed by atoms with Crippen LogP contribution in [-0.2, 0) is 23.5 Å². The van der Waals surface area contributed by atoms with E-state index in [1.165, 1.54) is 23.9 Å². The van der Waals surface area contributed by atoms with Crippen LogP contribution in [0.3, 0.4) is 0 Å². The number of fused-ring (bicyclic) bond motifs is 1. The highest BCUT2D eigenvalue weighted by atomic mass is 32.2. The van der Waals surface area contributed by atoms with Gasteiger partial charge in [-0.15, -0.1) is 11.3 Å². The average Bonchev–Trinajstić information content (AvgIpc) is 3.55. The molecule has 4 aromatic rings. The summed E-state index contributed by atoms with van der Waals surface area (Å²) in [6.07, 6.45) is 2.75. The van der Waals surface area contributed by atoms with Crippen molar-refractivity contribution >= 4 is 33.3 Å². The molecule has 0 aliphatic carbocycles. The van der Waals surface area contributed by atoms with E-state index in [-0.39, 0.29) is 17.5 Å². The number of rotatable bonds is 7. The molecule has 0 bridgehead atoms. The van der Waals surface area contributed by atoms with Crippen LogP contribution in [0.1, 0.15) is 36.1 Å². The normalized spacial score (nSPS) is 16.2. The summed E-state index contributed by atoms with van der Waals surface area (Å²) in [5.74, 6) is 0.850. The molecule has 7 nitrogen and oxygen atoms in total. The summed E-state index contributed by atoms with van der Waals surface area (Å²) >= 11 is 2.95. The maximum atomic E-state index is 13.5. The summed E-state index contributed by atoms with van der Waals surface area (Å²) in [7, 11) is 0. The molecule has 0 N–H and O–H groups in total. The van der Waals surface area contributed by atoms with Gasteiger partial charge in [-0.3, -0.25) is 9.36 Å². The number of aryl methyl sites for hydroxylation is 2. The van der Waals surface area contributed by atoms with E-state index < -0.39 is 0 Å². The number of hydrogen-bond acceptors (Lipinski definition) is 8. The molecular formula is C23H23FN4O3S2. The number of halogens is 1. The monoisotopic (exact) mass is 486 g/mol. The van der Waals surface area contributed by atoms with Crippen LogP contribution >= 0.6 is 23.1 Å². The molecule has 1 unspecified atom stereocenters. The molecule has 3 aromatic heterocycles. The lowest BCUT2D eigenvalue weighted by molar-refractivity contribution is 0.0937. The summed E-state index contributed by atoms with van der Waals surface area (Å²) < 4.78 is 26.1. The lowest BCUT2D eigenvalue weighted by Crippen LogP contribution is -2.29. The number of benzene rings is 1. The smallest absolute Gasteiger partial charge is 0.263 e. The third kappa shape index (κ3) is 4.47. The van der Waals surface area contributed by atoms with E-state index >= 15 is 0 Å². The van der Waals surface area contributed by atoms with Crippen molar-refractivity contribution in [3.05, 3.63) is 56.8 Å². The van der Waals surface area contributed by atoms with E-state index in [4.69, 9.17) is 14.2 Å². The average molecular weight is 487 g/mol. The number of thioether (sulfide) groups is 1. The largest absolute Gasteiger partial charge is 0.376 e. The van der Waals surface area contributed by atoms with Gasteiger partial charge in [-0.2, -0.15) is 4.98 Å². The summed E-state index contributed by atoms with van der Waals surface area (Å²) in [6.45, 7) is 5.31. The number of hydrogen-bond donors (Lipinski definition) is 0. The van der Waals surface area contributed by atoms with Crippen molar-refractivity contribution in [3.63, 3.8) is 0 Å². The van der Waals surface area contributed by atoms with Crippen molar-refractivity contribution in [3.8, 4) is 11.4 Å². The Balaban J connectivity index is 1.45. The Labute approximate surface area is 198 Å². The second-order valence-corrected chi connectivity index (χ2v) is 10.1. The SMILES string of the molecule is CCc1c(C)sc2nc(SCc3nc(-c4ccc(F)cc4)no3)n(CC3CCCO3)c(=O)c12. The third-order valence-electron chi connectivity index (χ3n) is 5.74. The number of aromatic nitrogens is 4. The van der Waals surface area contributed by atoms with Crippen molar-refractivity contribution < 1.29 is 13.7 Å². The van der Waals surface area contributed by atoms with E-state index in [9.17, 15) is 9.18 Å². The van der Waals surface area contributed by atoms with Gasteiger partial charge in [0, 0.05) is 17.0 Å². The van der Waals surface area contributed by atoms with Crippen LogP contribution in [0.5, 0.6) is 0 Å². The second kappa shape index (κ2) is 9.36. The molecule has 10 heteroatoms. The molecule has 1 fully saturated rings. The summed E-state index contributed by atoms with van der Waals surface area (Å²) in [6, 6.07) is 5.93. The highest BCUT2D eigenvalue weighted by Crippen LogP contribution is 2.31. The minimum atomic E-state index is -0.321. The maximum absolute atomic E-state index is 13.5. The summed E-state index contributed by atoms with van der Waals surface area (Å²) in [5, 5.41) is 5.34. The third-order valence-corrected chi connectivity index (χ3v) is 7.74. The van der Waals surface area contributed by atoms with Crippen molar-refractivity contribution in [1.29, 1.82) is 0 Å². The molecule has 1 aliphatic heterocycles. The first-order chi connectivity index (χ1) is 16.0. The molecule has 0 radical (unpaired) electrons. The fourth-order valence-electron chi connectivity index (χ4n) is 4.08. The molecule has 1 saturated heterocycles. The topological polar surface area (TPSA) is 83.0 Å². The molecule has 0 spiro atoms. The molecular weight excluding hydrogens is 463 g/mol.